The lowest BCUT2D eigenvalue weighted by molar-refractivity contribution is -0.109. The van der Waals surface area contributed by atoms with Crippen LogP contribution < -0.4 is 4.90 Å². The van der Waals surface area contributed by atoms with E-state index in [1.165, 1.54) is 18.4 Å². The molecule has 1 spiro atoms. The minimum absolute atomic E-state index is 0.148. The monoisotopic (exact) mass is 361 g/mol. The molecule has 1 unspecified atom stereocenters. The van der Waals surface area contributed by atoms with Crippen molar-refractivity contribution in [2.24, 2.45) is 0 Å². The van der Waals surface area contributed by atoms with Crippen molar-refractivity contribution in [3.05, 3.63) is 54.5 Å². The van der Waals surface area contributed by atoms with E-state index in [0.29, 0.717) is 6.42 Å². The predicted octanol–water partition coefficient (Wildman–Crippen LogP) is 2.94. The molecule has 2 aromatic heterocycles. The SMILES string of the molecule is O=CCC(c1ccccc1)N1CCN(c2ncnc3[nH]ccc23)CC12CC2. The zero-order valence-corrected chi connectivity index (χ0v) is 15.2. The number of carbonyl (C=O) groups is 1. The van der Waals surface area contributed by atoms with Crippen molar-refractivity contribution in [1.82, 2.24) is 19.9 Å². The van der Waals surface area contributed by atoms with Gasteiger partial charge in [-0.05, 0) is 24.5 Å². The molecule has 1 saturated carbocycles. The van der Waals surface area contributed by atoms with Gasteiger partial charge in [-0.15, -0.1) is 0 Å². The van der Waals surface area contributed by atoms with Gasteiger partial charge in [0.25, 0.3) is 0 Å². The highest BCUT2D eigenvalue weighted by Crippen LogP contribution is 2.49. The van der Waals surface area contributed by atoms with Gasteiger partial charge in [0.15, 0.2) is 0 Å². The molecular formula is C21H23N5O. The third-order valence-corrected chi connectivity index (χ3v) is 6.04. The maximum Gasteiger partial charge on any atom is 0.142 e. The Morgan fingerprint density at radius 2 is 2.00 bits per heavy atom. The summed E-state index contributed by atoms with van der Waals surface area (Å²) in [6.07, 6.45) is 7.51. The van der Waals surface area contributed by atoms with Crippen LogP contribution in [0.2, 0.25) is 0 Å². The molecule has 6 heteroatoms. The molecular weight excluding hydrogens is 338 g/mol. The van der Waals surface area contributed by atoms with Crippen molar-refractivity contribution >= 4 is 23.1 Å². The van der Waals surface area contributed by atoms with Gasteiger partial charge in [-0.2, -0.15) is 0 Å². The fourth-order valence-corrected chi connectivity index (χ4v) is 4.57. The van der Waals surface area contributed by atoms with E-state index in [0.717, 1.165) is 42.8 Å². The molecule has 6 nitrogen and oxygen atoms in total. The highest BCUT2D eigenvalue weighted by atomic mass is 16.1. The number of aromatic amines is 1. The average Bonchev–Trinajstić information content (AvgIpc) is 3.29. The van der Waals surface area contributed by atoms with Gasteiger partial charge in [0.2, 0.25) is 0 Å². The molecule has 27 heavy (non-hydrogen) atoms. The molecule has 0 bridgehead atoms. The van der Waals surface area contributed by atoms with Gasteiger partial charge in [0.05, 0.1) is 5.39 Å². The van der Waals surface area contributed by atoms with Crippen molar-refractivity contribution in [2.45, 2.75) is 30.8 Å². The number of hydrogen-bond acceptors (Lipinski definition) is 5. The first kappa shape index (κ1) is 16.4. The highest BCUT2D eigenvalue weighted by molar-refractivity contribution is 5.87. The van der Waals surface area contributed by atoms with E-state index in [1.54, 1.807) is 6.33 Å². The Balaban J connectivity index is 1.44. The number of aldehydes is 1. The Bertz CT molecular complexity index is 949. The normalized spacial score (nSPS) is 20.1. The molecule has 3 heterocycles. The van der Waals surface area contributed by atoms with E-state index in [1.807, 2.05) is 12.3 Å². The zero-order valence-electron chi connectivity index (χ0n) is 15.2. The van der Waals surface area contributed by atoms with Crippen LogP contribution in [0.25, 0.3) is 11.0 Å². The van der Waals surface area contributed by atoms with Gasteiger partial charge in [0, 0.05) is 43.8 Å². The molecule has 5 rings (SSSR count). The van der Waals surface area contributed by atoms with Crippen molar-refractivity contribution in [1.29, 1.82) is 0 Å². The van der Waals surface area contributed by atoms with E-state index >= 15 is 0 Å². The maximum atomic E-state index is 11.4. The van der Waals surface area contributed by atoms with Crippen LogP contribution in [0, 0.1) is 0 Å². The van der Waals surface area contributed by atoms with Crippen LogP contribution in [-0.2, 0) is 4.79 Å². The molecule has 1 atom stereocenters. The Labute approximate surface area is 158 Å². The third kappa shape index (κ3) is 2.80. The van der Waals surface area contributed by atoms with E-state index in [4.69, 9.17) is 0 Å². The lowest BCUT2D eigenvalue weighted by Crippen LogP contribution is -2.56. The fourth-order valence-electron chi connectivity index (χ4n) is 4.57. The van der Waals surface area contributed by atoms with Crippen LogP contribution in [0.3, 0.4) is 0 Å². The highest BCUT2D eigenvalue weighted by Gasteiger charge is 2.53. The number of hydrogen-bond donors (Lipinski definition) is 1. The van der Waals surface area contributed by atoms with Crippen LogP contribution in [0.5, 0.6) is 0 Å². The summed E-state index contributed by atoms with van der Waals surface area (Å²) in [7, 11) is 0. The summed E-state index contributed by atoms with van der Waals surface area (Å²) in [5, 5.41) is 1.08. The minimum Gasteiger partial charge on any atom is -0.353 e. The summed E-state index contributed by atoms with van der Waals surface area (Å²) in [5.41, 5.74) is 2.27. The topological polar surface area (TPSA) is 65.1 Å². The summed E-state index contributed by atoms with van der Waals surface area (Å²) in [6, 6.07) is 12.7. The first-order valence-electron chi connectivity index (χ1n) is 9.59. The first-order valence-corrected chi connectivity index (χ1v) is 9.59. The Morgan fingerprint density at radius 1 is 1.15 bits per heavy atom. The smallest absolute Gasteiger partial charge is 0.142 e. The zero-order chi connectivity index (χ0) is 18.3. The molecule has 138 valence electrons. The average molecular weight is 361 g/mol. The fraction of sp³-hybridized carbons (Fsp3) is 0.381. The summed E-state index contributed by atoms with van der Waals surface area (Å²) in [5.74, 6) is 1.01. The number of aromatic nitrogens is 3. The Morgan fingerprint density at radius 3 is 2.78 bits per heavy atom. The van der Waals surface area contributed by atoms with Gasteiger partial charge in [-0.25, -0.2) is 9.97 Å². The number of H-pyrrole nitrogens is 1. The summed E-state index contributed by atoms with van der Waals surface area (Å²) in [4.78, 5) is 28.4. The number of nitrogens with one attached hydrogen (secondary N) is 1. The second-order valence-electron chi connectivity index (χ2n) is 7.61. The molecule has 1 aromatic carbocycles. The van der Waals surface area contributed by atoms with E-state index in [9.17, 15) is 4.79 Å². The van der Waals surface area contributed by atoms with Gasteiger partial charge in [0.1, 0.15) is 24.1 Å². The Hall–Kier alpha value is -2.73. The molecule has 2 aliphatic rings. The lowest BCUT2D eigenvalue weighted by atomic mass is 9.97. The van der Waals surface area contributed by atoms with Crippen LogP contribution in [0.1, 0.15) is 30.9 Å². The van der Waals surface area contributed by atoms with E-state index in [2.05, 4.69) is 55.1 Å². The van der Waals surface area contributed by atoms with Gasteiger partial charge in [-0.3, -0.25) is 4.90 Å². The summed E-state index contributed by atoms with van der Waals surface area (Å²) < 4.78 is 0. The van der Waals surface area contributed by atoms with E-state index in [-0.39, 0.29) is 11.6 Å². The van der Waals surface area contributed by atoms with Crippen molar-refractivity contribution in [3.8, 4) is 0 Å². The van der Waals surface area contributed by atoms with E-state index < -0.39 is 0 Å². The third-order valence-electron chi connectivity index (χ3n) is 6.04. The van der Waals surface area contributed by atoms with Gasteiger partial charge >= 0.3 is 0 Å². The second kappa shape index (κ2) is 6.46. The minimum atomic E-state index is 0.148. The predicted molar refractivity (Wildman–Crippen MR) is 105 cm³/mol. The van der Waals surface area contributed by atoms with Crippen molar-refractivity contribution in [2.75, 3.05) is 24.5 Å². The molecule has 1 aliphatic heterocycles. The number of carbonyl (C=O) groups excluding carboxylic acids is 1. The number of benzene rings is 1. The Kier molecular flexibility index (Phi) is 3.93. The van der Waals surface area contributed by atoms with Crippen LogP contribution in [0.15, 0.2) is 48.9 Å². The maximum absolute atomic E-state index is 11.4. The molecule has 0 amide bonds. The van der Waals surface area contributed by atoms with Crippen LogP contribution in [0.4, 0.5) is 5.82 Å². The first-order chi connectivity index (χ1) is 13.3. The number of nitrogens with zero attached hydrogens (tertiary/aromatic N) is 4. The molecule has 1 saturated heterocycles. The van der Waals surface area contributed by atoms with Crippen LogP contribution >= 0.6 is 0 Å². The number of anilines is 1. The molecule has 2 fully saturated rings. The summed E-state index contributed by atoms with van der Waals surface area (Å²) in [6.45, 7) is 2.79. The van der Waals surface area contributed by atoms with Gasteiger partial charge < -0.3 is 14.7 Å². The lowest BCUT2D eigenvalue weighted by Gasteiger charge is -2.46. The quantitative estimate of drug-likeness (QED) is 0.708. The number of piperazine rings is 1. The van der Waals surface area contributed by atoms with Gasteiger partial charge in [-0.1, -0.05) is 30.3 Å². The van der Waals surface area contributed by atoms with Crippen molar-refractivity contribution in [3.63, 3.8) is 0 Å². The van der Waals surface area contributed by atoms with Crippen molar-refractivity contribution < 1.29 is 4.79 Å². The second-order valence-corrected chi connectivity index (χ2v) is 7.61. The van der Waals surface area contributed by atoms with Crippen LogP contribution in [-0.4, -0.2) is 51.3 Å². The standard InChI is InChI=1S/C21H23N5O/c27-13-7-18(16-4-2-1-3-5-16)26-12-11-25(14-21(26)8-9-21)20-17-6-10-22-19(17)23-15-24-20/h1-6,10,13,15,18H,7-9,11-12,14H2,(H,22,23,24). The molecule has 1 N–H and O–H groups in total. The summed E-state index contributed by atoms with van der Waals surface area (Å²) >= 11 is 0. The molecule has 1 aliphatic carbocycles. The number of rotatable bonds is 5. The number of fused-ring (bicyclic) bond motifs is 1. The largest absolute Gasteiger partial charge is 0.353 e. The molecule has 3 aromatic rings. The molecule has 0 radical (unpaired) electrons.